The van der Waals surface area contributed by atoms with Gasteiger partial charge in [0.25, 0.3) is 0 Å². The molecule has 0 amide bonds. The monoisotopic (exact) mass is 137 g/mol. The van der Waals surface area contributed by atoms with Crippen molar-refractivity contribution in [3.8, 4) is 0 Å². The molecule has 0 aromatic heterocycles. The molecule has 0 fully saturated rings. The lowest BCUT2D eigenvalue weighted by molar-refractivity contribution is 1.13. The Hall–Kier alpha value is -0.850. The zero-order valence-corrected chi connectivity index (χ0v) is 6.80. The quantitative estimate of drug-likeness (QED) is 0.417. The molecule has 0 aliphatic rings. The molecule has 0 spiro atoms. The van der Waals surface area contributed by atoms with E-state index in [-0.39, 0.29) is 0 Å². The van der Waals surface area contributed by atoms with Crippen molar-refractivity contribution < 1.29 is 0 Å². The molecule has 1 nitrogen and oxygen atoms in total. The van der Waals surface area contributed by atoms with Crippen molar-refractivity contribution in [2.45, 2.75) is 20.3 Å². The Balaban J connectivity index is 3.64. The highest BCUT2D eigenvalue weighted by molar-refractivity contribution is 5.92. The van der Waals surface area contributed by atoms with E-state index in [4.69, 9.17) is 0 Å². The molecule has 0 aliphatic heterocycles. The van der Waals surface area contributed by atoms with Gasteiger partial charge in [0.15, 0.2) is 0 Å². The van der Waals surface area contributed by atoms with Crippen LogP contribution in [0.3, 0.4) is 0 Å². The van der Waals surface area contributed by atoms with Crippen LogP contribution in [0.1, 0.15) is 20.3 Å². The van der Waals surface area contributed by atoms with Crippen LogP contribution in [0.2, 0.25) is 0 Å². The van der Waals surface area contributed by atoms with Crippen molar-refractivity contribution in [2.24, 2.45) is 4.99 Å². The van der Waals surface area contributed by atoms with E-state index >= 15 is 0 Å². The number of allylic oxidation sites excluding steroid dienone is 3. The van der Waals surface area contributed by atoms with E-state index in [2.05, 4.69) is 17.6 Å². The average molecular weight is 137 g/mol. The molecule has 0 bridgehead atoms. The number of hydrogen-bond donors (Lipinski definition) is 0. The van der Waals surface area contributed by atoms with Crippen molar-refractivity contribution >= 4 is 5.71 Å². The van der Waals surface area contributed by atoms with Crippen LogP contribution in [0.25, 0.3) is 0 Å². The van der Waals surface area contributed by atoms with E-state index in [1.807, 2.05) is 26.0 Å². The molecule has 56 valence electrons. The Morgan fingerprint density at radius 1 is 1.60 bits per heavy atom. The molecule has 0 radical (unpaired) electrons. The van der Waals surface area contributed by atoms with Gasteiger partial charge >= 0.3 is 0 Å². The summed E-state index contributed by atoms with van der Waals surface area (Å²) in [7, 11) is 0. The van der Waals surface area contributed by atoms with E-state index < -0.39 is 0 Å². The summed E-state index contributed by atoms with van der Waals surface area (Å²) in [5, 5.41) is 0. The van der Waals surface area contributed by atoms with Crippen LogP contribution >= 0.6 is 0 Å². The molecule has 0 unspecified atom stereocenters. The lowest BCUT2D eigenvalue weighted by Crippen LogP contribution is -1.84. The Kier molecular flexibility index (Phi) is 5.74. The van der Waals surface area contributed by atoms with Gasteiger partial charge in [-0.15, -0.1) is 6.58 Å². The number of rotatable bonds is 4. The van der Waals surface area contributed by atoms with Crippen molar-refractivity contribution in [3.63, 3.8) is 0 Å². The Morgan fingerprint density at radius 2 is 2.30 bits per heavy atom. The topological polar surface area (TPSA) is 12.4 Å². The van der Waals surface area contributed by atoms with Crippen LogP contribution < -0.4 is 0 Å². The van der Waals surface area contributed by atoms with Crippen molar-refractivity contribution in [2.75, 3.05) is 6.54 Å². The molecule has 0 N–H and O–H groups in total. The zero-order chi connectivity index (χ0) is 7.82. The summed E-state index contributed by atoms with van der Waals surface area (Å²) in [5.74, 6) is 0. The van der Waals surface area contributed by atoms with Crippen LogP contribution in [0.5, 0.6) is 0 Å². The zero-order valence-electron chi connectivity index (χ0n) is 6.80. The molecule has 1 heteroatoms. The largest absolute Gasteiger partial charge is 0.290 e. The highest BCUT2D eigenvalue weighted by atomic mass is 14.7. The van der Waals surface area contributed by atoms with Gasteiger partial charge in [-0.2, -0.15) is 0 Å². The molecule has 0 aliphatic carbocycles. The predicted octanol–water partition coefficient (Wildman–Crippen LogP) is 2.60. The van der Waals surface area contributed by atoms with Crippen LogP contribution in [0.15, 0.2) is 29.8 Å². The second-order valence-electron chi connectivity index (χ2n) is 2.04. The molecular weight excluding hydrogens is 122 g/mol. The molecule has 0 heterocycles. The summed E-state index contributed by atoms with van der Waals surface area (Å²) < 4.78 is 0. The van der Waals surface area contributed by atoms with Crippen molar-refractivity contribution in [3.05, 3.63) is 24.8 Å². The van der Waals surface area contributed by atoms with E-state index in [9.17, 15) is 0 Å². The van der Waals surface area contributed by atoms with E-state index in [0.717, 1.165) is 18.7 Å². The third-order valence-corrected chi connectivity index (χ3v) is 1.07. The SMILES string of the molecule is C=CC/C=C\C(C)=NCC. The molecular formula is C9H15N. The second-order valence-corrected chi connectivity index (χ2v) is 2.04. The van der Waals surface area contributed by atoms with E-state index in [1.54, 1.807) is 0 Å². The Morgan fingerprint density at radius 3 is 2.80 bits per heavy atom. The molecule has 0 atom stereocenters. The maximum atomic E-state index is 4.19. The first-order chi connectivity index (χ1) is 4.81. The molecule has 0 rings (SSSR count). The highest BCUT2D eigenvalue weighted by Crippen LogP contribution is 1.86. The Bertz CT molecular complexity index is 143. The lowest BCUT2D eigenvalue weighted by atomic mass is 10.3. The first-order valence-electron chi connectivity index (χ1n) is 3.59. The number of hydrogen-bond acceptors (Lipinski definition) is 1. The van der Waals surface area contributed by atoms with Gasteiger partial charge in [0.2, 0.25) is 0 Å². The number of nitrogens with zero attached hydrogens (tertiary/aromatic N) is 1. The normalized spacial score (nSPS) is 12.4. The minimum absolute atomic E-state index is 0.865. The summed E-state index contributed by atoms with van der Waals surface area (Å²) in [6.45, 7) is 8.51. The summed E-state index contributed by atoms with van der Waals surface area (Å²) in [4.78, 5) is 4.19. The number of aliphatic imine (C=N–C) groups is 1. The maximum absolute atomic E-state index is 4.19. The lowest BCUT2D eigenvalue weighted by Gasteiger charge is -1.87. The van der Waals surface area contributed by atoms with Gasteiger partial charge in [0.05, 0.1) is 0 Å². The highest BCUT2D eigenvalue weighted by Gasteiger charge is 1.77. The molecule has 0 saturated heterocycles. The maximum Gasteiger partial charge on any atom is 0.0364 e. The fourth-order valence-electron chi connectivity index (χ4n) is 0.637. The second kappa shape index (κ2) is 6.27. The summed E-state index contributed by atoms with van der Waals surface area (Å²) in [6.07, 6.45) is 6.87. The fraction of sp³-hybridized carbons (Fsp3) is 0.444. The fourth-order valence-corrected chi connectivity index (χ4v) is 0.637. The van der Waals surface area contributed by atoms with Gasteiger partial charge in [-0.1, -0.05) is 12.2 Å². The first-order valence-corrected chi connectivity index (χ1v) is 3.59. The molecule has 0 aromatic rings. The standard InChI is InChI=1S/C9H15N/c1-4-6-7-8-9(3)10-5-2/h4,7-8H,1,5-6H2,2-3H3/b8-7-,10-9?. The smallest absolute Gasteiger partial charge is 0.0364 e. The minimum Gasteiger partial charge on any atom is -0.290 e. The van der Waals surface area contributed by atoms with Crippen LogP contribution in [0.4, 0.5) is 0 Å². The van der Waals surface area contributed by atoms with Gasteiger partial charge in [-0.25, -0.2) is 0 Å². The van der Waals surface area contributed by atoms with Crippen LogP contribution in [-0.4, -0.2) is 12.3 Å². The summed E-state index contributed by atoms with van der Waals surface area (Å²) in [6, 6.07) is 0. The van der Waals surface area contributed by atoms with Gasteiger partial charge in [0, 0.05) is 12.3 Å². The molecule has 0 saturated carbocycles. The van der Waals surface area contributed by atoms with Gasteiger partial charge in [-0.05, 0) is 26.3 Å². The van der Waals surface area contributed by atoms with Crippen molar-refractivity contribution in [1.82, 2.24) is 0 Å². The Labute approximate surface area is 63.2 Å². The third kappa shape index (κ3) is 5.29. The van der Waals surface area contributed by atoms with E-state index in [0.29, 0.717) is 0 Å². The predicted molar refractivity (Wildman–Crippen MR) is 47.6 cm³/mol. The van der Waals surface area contributed by atoms with Gasteiger partial charge in [0.1, 0.15) is 0 Å². The molecule has 0 aromatic carbocycles. The first kappa shape index (κ1) is 9.15. The summed E-state index contributed by atoms with van der Waals surface area (Å²) >= 11 is 0. The summed E-state index contributed by atoms with van der Waals surface area (Å²) in [5.41, 5.74) is 1.09. The van der Waals surface area contributed by atoms with E-state index in [1.165, 1.54) is 0 Å². The van der Waals surface area contributed by atoms with Crippen LogP contribution in [-0.2, 0) is 0 Å². The van der Waals surface area contributed by atoms with Crippen molar-refractivity contribution in [1.29, 1.82) is 0 Å². The van der Waals surface area contributed by atoms with Gasteiger partial charge < -0.3 is 0 Å². The van der Waals surface area contributed by atoms with Crippen LogP contribution in [0, 0.1) is 0 Å². The third-order valence-electron chi connectivity index (χ3n) is 1.07. The molecule has 10 heavy (non-hydrogen) atoms. The minimum atomic E-state index is 0.865. The van der Waals surface area contributed by atoms with Gasteiger partial charge in [-0.3, -0.25) is 4.99 Å². The average Bonchev–Trinajstić information content (AvgIpc) is 1.89.